The fourth-order valence-corrected chi connectivity index (χ4v) is 2.42. The minimum Gasteiger partial charge on any atom is -0.497 e. The summed E-state index contributed by atoms with van der Waals surface area (Å²) < 4.78 is 18.7. The molecule has 1 N–H and O–H groups in total. The second-order valence-electron chi connectivity index (χ2n) is 4.80. The molecule has 1 aromatic carbocycles. The van der Waals surface area contributed by atoms with Gasteiger partial charge in [0.15, 0.2) is 0 Å². The number of nitrogens with one attached hydrogen (secondary N) is 1. The van der Waals surface area contributed by atoms with E-state index in [4.69, 9.17) is 16.3 Å². The number of nitrogens with zero attached hydrogens (tertiary/aromatic N) is 1. The van der Waals surface area contributed by atoms with Crippen molar-refractivity contribution in [1.29, 1.82) is 0 Å². The molecule has 2 rings (SSSR count). The predicted molar refractivity (Wildman–Crippen MR) is 88.0 cm³/mol. The first-order valence-corrected chi connectivity index (χ1v) is 7.35. The van der Waals surface area contributed by atoms with Crippen LogP contribution in [-0.2, 0) is 0 Å². The molecule has 0 saturated carbocycles. The van der Waals surface area contributed by atoms with Crippen molar-refractivity contribution in [2.24, 2.45) is 0 Å². The maximum atomic E-state index is 13.6. The van der Waals surface area contributed by atoms with Crippen LogP contribution in [0, 0.1) is 5.95 Å². The Balaban J connectivity index is 2.25. The average molecular weight is 321 g/mol. The first kappa shape index (κ1) is 16.3. The number of methoxy groups -OCH3 is 1. The summed E-state index contributed by atoms with van der Waals surface area (Å²) in [5.74, 6) is 0.125. The van der Waals surface area contributed by atoms with Crippen molar-refractivity contribution in [2.45, 2.75) is 18.9 Å². The largest absolute Gasteiger partial charge is 0.497 e. The molecule has 116 valence electrons. The number of pyridine rings is 1. The summed E-state index contributed by atoms with van der Waals surface area (Å²) in [6.07, 6.45) is 4.79. The molecule has 0 aliphatic carbocycles. The Hall–Kier alpha value is -2.07. The number of allylic oxidation sites excluding steroid dienone is 1. The first-order valence-electron chi connectivity index (χ1n) is 6.97. The van der Waals surface area contributed by atoms with Crippen molar-refractivity contribution in [3.8, 4) is 5.75 Å². The highest BCUT2D eigenvalue weighted by atomic mass is 35.5. The van der Waals surface area contributed by atoms with Crippen LogP contribution in [0.3, 0.4) is 0 Å². The van der Waals surface area contributed by atoms with Crippen molar-refractivity contribution in [3.05, 3.63) is 65.7 Å². The van der Waals surface area contributed by atoms with Gasteiger partial charge in [0.05, 0.1) is 13.2 Å². The molecule has 1 heterocycles. The van der Waals surface area contributed by atoms with Crippen LogP contribution in [-0.4, -0.2) is 12.1 Å². The fourth-order valence-electron chi connectivity index (χ4n) is 2.18. The van der Waals surface area contributed by atoms with Crippen molar-refractivity contribution < 1.29 is 9.13 Å². The SMILES string of the molecule is C=CCC[C@@H](Nc1ccc(OC)cc1)c1ccnc(F)c1Cl. The molecule has 22 heavy (non-hydrogen) atoms. The van der Waals surface area contributed by atoms with Crippen molar-refractivity contribution in [1.82, 2.24) is 4.98 Å². The molecular weight excluding hydrogens is 303 g/mol. The summed E-state index contributed by atoms with van der Waals surface area (Å²) in [5, 5.41) is 3.42. The molecule has 0 saturated heterocycles. The third kappa shape index (κ3) is 3.98. The highest BCUT2D eigenvalue weighted by molar-refractivity contribution is 6.31. The standard InChI is InChI=1S/C17H18ClFN2O/c1-3-4-5-15(14-10-11-20-17(19)16(14)18)21-12-6-8-13(22-2)9-7-12/h3,6-11,15,21H,1,4-5H2,2H3/t15-/m1/s1. The molecule has 0 fully saturated rings. The van der Waals surface area contributed by atoms with E-state index >= 15 is 0 Å². The zero-order chi connectivity index (χ0) is 15.9. The van der Waals surface area contributed by atoms with Gasteiger partial charge in [0.1, 0.15) is 10.8 Å². The molecule has 5 heteroatoms. The minimum atomic E-state index is -0.653. The van der Waals surface area contributed by atoms with Gasteiger partial charge in [-0.05, 0) is 48.7 Å². The van der Waals surface area contributed by atoms with E-state index in [1.807, 2.05) is 30.3 Å². The summed E-state index contributed by atoms with van der Waals surface area (Å²) in [6, 6.07) is 9.14. The van der Waals surface area contributed by atoms with Gasteiger partial charge in [0.25, 0.3) is 0 Å². The van der Waals surface area contributed by atoms with Gasteiger partial charge in [-0.2, -0.15) is 4.39 Å². The second-order valence-corrected chi connectivity index (χ2v) is 5.17. The topological polar surface area (TPSA) is 34.1 Å². The van der Waals surface area contributed by atoms with Crippen LogP contribution < -0.4 is 10.1 Å². The normalized spacial score (nSPS) is 11.8. The van der Waals surface area contributed by atoms with Crippen LogP contribution in [0.15, 0.2) is 49.2 Å². The van der Waals surface area contributed by atoms with Gasteiger partial charge in [-0.1, -0.05) is 17.7 Å². The van der Waals surface area contributed by atoms with Gasteiger partial charge < -0.3 is 10.1 Å². The molecule has 0 bridgehead atoms. The number of rotatable bonds is 7. The number of ether oxygens (including phenoxy) is 1. The van der Waals surface area contributed by atoms with E-state index in [1.165, 1.54) is 6.20 Å². The minimum absolute atomic E-state index is 0.0533. The lowest BCUT2D eigenvalue weighted by Crippen LogP contribution is -2.12. The lowest BCUT2D eigenvalue weighted by molar-refractivity contribution is 0.415. The van der Waals surface area contributed by atoms with Crippen LogP contribution in [0.2, 0.25) is 5.02 Å². The molecule has 0 aliphatic heterocycles. The number of halogens is 2. The monoisotopic (exact) mass is 320 g/mol. The summed E-state index contributed by atoms with van der Waals surface area (Å²) in [5.41, 5.74) is 1.59. The first-order chi connectivity index (χ1) is 10.7. The van der Waals surface area contributed by atoms with Gasteiger partial charge in [0.2, 0.25) is 5.95 Å². The molecule has 3 nitrogen and oxygen atoms in total. The highest BCUT2D eigenvalue weighted by Crippen LogP contribution is 2.31. The Morgan fingerprint density at radius 1 is 1.36 bits per heavy atom. The lowest BCUT2D eigenvalue weighted by Gasteiger charge is -2.21. The van der Waals surface area contributed by atoms with E-state index < -0.39 is 5.95 Å². The molecule has 0 aliphatic rings. The molecule has 2 aromatic rings. The van der Waals surface area contributed by atoms with Crippen molar-refractivity contribution >= 4 is 17.3 Å². The van der Waals surface area contributed by atoms with Gasteiger partial charge in [-0.25, -0.2) is 4.98 Å². The third-order valence-corrected chi connectivity index (χ3v) is 3.72. The van der Waals surface area contributed by atoms with Gasteiger partial charge in [-0.3, -0.25) is 0 Å². The quantitative estimate of drug-likeness (QED) is 0.575. The molecule has 1 aromatic heterocycles. The van der Waals surface area contributed by atoms with Crippen molar-refractivity contribution in [2.75, 3.05) is 12.4 Å². The fraction of sp³-hybridized carbons (Fsp3) is 0.235. The summed E-state index contributed by atoms with van der Waals surface area (Å²) in [6.45, 7) is 3.73. The zero-order valence-electron chi connectivity index (χ0n) is 12.4. The smallest absolute Gasteiger partial charge is 0.231 e. The average Bonchev–Trinajstić information content (AvgIpc) is 2.55. The Morgan fingerprint density at radius 3 is 2.73 bits per heavy atom. The van der Waals surface area contributed by atoms with E-state index in [0.29, 0.717) is 5.56 Å². The van der Waals surface area contributed by atoms with E-state index in [1.54, 1.807) is 13.2 Å². The van der Waals surface area contributed by atoms with Crippen LogP contribution in [0.4, 0.5) is 10.1 Å². The molecule has 0 spiro atoms. The molecule has 1 atom stereocenters. The lowest BCUT2D eigenvalue weighted by atomic mass is 10.0. The highest BCUT2D eigenvalue weighted by Gasteiger charge is 2.17. The number of aromatic nitrogens is 1. The van der Waals surface area contributed by atoms with Gasteiger partial charge in [0, 0.05) is 11.9 Å². The zero-order valence-corrected chi connectivity index (χ0v) is 13.1. The number of hydrogen-bond donors (Lipinski definition) is 1. The third-order valence-electron chi connectivity index (χ3n) is 3.34. The molecule has 0 amide bonds. The Morgan fingerprint density at radius 2 is 2.09 bits per heavy atom. The molecular formula is C17H18ClFN2O. The van der Waals surface area contributed by atoms with E-state index in [0.717, 1.165) is 24.3 Å². The summed E-state index contributed by atoms with van der Waals surface area (Å²) in [7, 11) is 1.62. The second kappa shape index (κ2) is 7.80. The molecule has 0 radical (unpaired) electrons. The van der Waals surface area contributed by atoms with Crippen molar-refractivity contribution in [3.63, 3.8) is 0 Å². The number of hydrogen-bond acceptors (Lipinski definition) is 3. The maximum absolute atomic E-state index is 13.6. The van der Waals surface area contributed by atoms with E-state index in [-0.39, 0.29) is 11.1 Å². The maximum Gasteiger partial charge on any atom is 0.231 e. The number of anilines is 1. The predicted octanol–water partition coefficient (Wildman–Crippen LogP) is 5.00. The van der Waals surface area contributed by atoms with Crippen LogP contribution >= 0.6 is 11.6 Å². The molecule has 0 unspecified atom stereocenters. The van der Waals surface area contributed by atoms with E-state index in [9.17, 15) is 4.39 Å². The van der Waals surface area contributed by atoms with Crippen LogP contribution in [0.5, 0.6) is 5.75 Å². The Labute approximate surface area is 134 Å². The van der Waals surface area contributed by atoms with Gasteiger partial charge in [-0.15, -0.1) is 6.58 Å². The Bertz CT molecular complexity index is 631. The summed E-state index contributed by atoms with van der Waals surface area (Å²) >= 11 is 6.06. The Kier molecular flexibility index (Phi) is 5.78. The summed E-state index contributed by atoms with van der Waals surface area (Å²) in [4.78, 5) is 3.57. The van der Waals surface area contributed by atoms with E-state index in [2.05, 4.69) is 16.9 Å². The van der Waals surface area contributed by atoms with Crippen LogP contribution in [0.25, 0.3) is 0 Å². The van der Waals surface area contributed by atoms with Crippen LogP contribution in [0.1, 0.15) is 24.4 Å². The van der Waals surface area contributed by atoms with Gasteiger partial charge >= 0.3 is 0 Å². The number of benzene rings is 1.